The molecule has 112 valence electrons. The Morgan fingerprint density at radius 3 is 2.76 bits per heavy atom. The number of ether oxygens (including phenoxy) is 1. The van der Waals surface area contributed by atoms with Gasteiger partial charge in [-0.25, -0.2) is 4.79 Å². The first kappa shape index (κ1) is 17.1. The third-order valence-electron chi connectivity index (χ3n) is 2.41. The van der Waals surface area contributed by atoms with Crippen LogP contribution >= 0.6 is 11.6 Å². The molecule has 0 aliphatic carbocycles. The molecule has 0 atom stereocenters. The highest BCUT2D eigenvalue weighted by Gasteiger charge is 2.15. The van der Waals surface area contributed by atoms with Crippen LogP contribution in [0.3, 0.4) is 0 Å². The second-order valence-electron chi connectivity index (χ2n) is 5.47. The van der Waals surface area contributed by atoms with Crippen LogP contribution in [-0.2, 0) is 4.74 Å². The number of nitrogens with zero attached hydrogens (tertiary/aromatic N) is 1. The summed E-state index contributed by atoms with van der Waals surface area (Å²) in [6.07, 6.45) is 4.01. The monoisotopic (exact) mass is 306 g/mol. The fourth-order valence-corrected chi connectivity index (χ4v) is 1.76. The molecule has 1 rings (SSSR count). The number of halogens is 1. The molecule has 1 N–H and O–H groups in total. The van der Waals surface area contributed by atoms with Gasteiger partial charge in [0, 0.05) is 11.6 Å². The molecule has 0 saturated carbocycles. The molecule has 1 aromatic carbocycles. The summed E-state index contributed by atoms with van der Waals surface area (Å²) < 4.78 is 5.12. The van der Waals surface area contributed by atoms with E-state index in [1.54, 1.807) is 18.2 Å². The van der Waals surface area contributed by atoms with E-state index in [-0.39, 0.29) is 0 Å². The van der Waals surface area contributed by atoms with Crippen LogP contribution in [0.1, 0.15) is 38.3 Å². The lowest BCUT2D eigenvalue weighted by Crippen LogP contribution is -2.32. The Hall–Kier alpha value is -1.99. The Bertz CT molecular complexity index is 569. The Balaban J connectivity index is 2.39. The van der Waals surface area contributed by atoms with Gasteiger partial charge >= 0.3 is 6.09 Å². The second-order valence-corrected chi connectivity index (χ2v) is 5.88. The number of nitrogens with one attached hydrogen (secondary N) is 1. The van der Waals surface area contributed by atoms with E-state index in [0.717, 1.165) is 5.56 Å². The summed E-state index contributed by atoms with van der Waals surface area (Å²) in [7, 11) is 0. The van der Waals surface area contributed by atoms with Crippen molar-refractivity contribution in [3.05, 3.63) is 40.4 Å². The molecule has 1 aromatic rings. The molecule has 4 nitrogen and oxygen atoms in total. The standard InChI is InChI=1S/C16H19ClN2O2/c1-16(2,3)21-15(20)19-9-5-4-6-13-8-7-12(11-18)10-14(13)17/h4,6-8,10H,5,9H2,1-3H3,(H,19,20). The van der Waals surface area contributed by atoms with Crippen molar-refractivity contribution in [2.45, 2.75) is 32.8 Å². The van der Waals surface area contributed by atoms with Gasteiger partial charge in [0.1, 0.15) is 5.60 Å². The highest BCUT2D eigenvalue weighted by molar-refractivity contribution is 6.32. The van der Waals surface area contributed by atoms with E-state index in [2.05, 4.69) is 5.32 Å². The van der Waals surface area contributed by atoms with Crippen molar-refractivity contribution >= 4 is 23.8 Å². The van der Waals surface area contributed by atoms with Gasteiger partial charge in [-0.1, -0.05) is 29.8 Å². The van der Waals surface area contributed by atoms with Gasteiger partial charge in [-0.3, -0.25) is 0 Å². The first-order chi connectivity index (χ1) is 9.81. The number of rotatable bonds is 4. The molecule has 1 amide bonds. The Morgan fingerprint density at radius 1 is 1.48 bits per heavy atom. The molecule has 0 fully saturated rings. The third-order valence-corrected chi connectivity index (χ3v) is 2.73. The third kappa shape index (κ3) is 6.82. The molecule has 0 heterocycles. The summed E-state index contributed by atoms with van der Waals surface area (Å²) in [5.41, 5.74) is 0.882. The van der Waals surface area contributed by atoms with Crippen molar-refractivity contribution in [3.8, 4) is 6.07 Å². The van der Waals surface area contributed by atoms with Gasteiger partial charge in [-0.05, 0) is 44.9 Å². The van der Waals surface area contributed by atoms with Crippen molar-refractivity contribution in [2.24, 2.45) is 0 Å². The van der Waals surface area contributed by atoms with Crippen LogP contribution in [0.5, 0.6) is 0 Å². The number of hydrogen-bond donors (Lipinski definition) is 1. The van der Waals surface area contributed by atoms with Crippen molar-refractivity contribution in [3.63, 3.8) is 0 Å². The zero-order chi connectivity index (χ0) is 15.9. The number of hydrogen-bond acceptors (Lipinski definition) is 3. The number of carbonyl (C=O) groups is 1. The van der Waals surface area contributed by atoms with Gasteiger partial charge in [0.15, 0.2) is 0 Å². The fourth-order valence-electron chi connectivity index (χ4n) is 1.51. The summed E-state index contributed by atoms with van der Waals surface area (Å²) in [6, 6.07) is 7.16. The zero-order valence-electron chi connectivity index (χ0n) is 12.4. The van der Waals surface area contributed by atoms with Gasteiger partial charge in [0.25, 0.3) is 0 Å². The number of amides is 1. The molecule has 0 saturated heterocycles. The van der Waals surface area contributed by atoms with E-state index >= 15 is 0 Å². The molecule has 0 bridgehead atoms. The smallest absolute Gasteiger partial charge is 0.407 e. The molecule has 0 spiro atoms. The highest BCUT2D eigenvalue weighted by Crippen LogP contribution is 2.19. The van der Waals surface area contributed by atoms with Gasteiger partial charge in [-0.2, -0.15) is 5.26 Å². The number of benzene rings is 1. The Morgan fingerprint density at radius 2 is 2.19 bits per heavy atom. The molecule has 0 radical (unpaired) electrons. The van der Waals surface area contributed by atoms with E-state index < -0.39 is 11.7 Å². The maximum atomic E-state index is 11.4. The van der Waals surface area contributed by atoms with Gasteiger partial charge in [-0.15, -0.1) is 0 Å². The van der Waals surface area contributed by atoms with Crippen LogP contribution in [0.15, 0.2) is 24.3 Å². The predicted molar refractivity (Wildman–Crippen MR) is 84.1 cm³/mol. The second kappa shape index (κ2) is 7.70. The lowest BCUT2D eigenvalue weighted by Gasteiger charge is -2.19. The lowest BCUT2D eigenvalue weighted by molar-refractivity contribution is 0.0529. The molecule has 5 heteroatoms. The Kier molecular flexibility index (Phi) is 6.26. The van der Waals surface area contributed by atoms with Crippen molar-refractivity contribution in [1.29, 1.82) is 5.26 Å². The summed E-state index contributed by atoms with van der Waals surface area (Å²) in [5.74, 6) is 0. The van der Waals surface area contributed by atoms with E-state index in [0.29, 0.717) is 23.6 Å². The molecular weight excluding hydrogens is 288 g/mol. The summed E-state index contributed by atoms with van der Waals surface area (Å²) in [5, 5.41) is 12.0. The quantitative estimate of drug-likeness (QED) is 0.850. The maximum absolute atomic E-state index is 11.4. The van der Waals surface area contributed by atoms with Crippen LogP contribution in [-0.4, -0.2) is 18.2 Å². The fraction of sp³-hybridized carbons (Fsp3) is 0.375. The minimum atomic E-state index is -0.490. The van der Waals surface area contributed by atoms with Crippen LogP contribution in [0, 0.1) is 11.3 Å². The van der Waals surface area contributed by atoms with Crippen molar-refractivity contribution in [1.82, 2.24) is 5.32 Å². The van der Waals surface area contributed by atoms with Crippen LogP contribution in [0.2, 0.25) is 5.02 Å². The molecule has 0 aliphatic heterocycles. The minimum absolute atomic E-state index is 0.424. The molecule has 0 unspecified atom stereocenters. The first-order valence-electron chi connectivity index (χ1n) is 6.65. The van der Waals surface area contributed by atoms with Gasteiger partial charge in [0.05, 0.1) is 11.6 Å². The first-order valence-corrected chi connectivity index (χ1v) is 7.02. The van der Waals surface area contributed by atoms with Gasteiger partial charge < -0.3 is 10.1 Å². The largest absolute Gasteiger partial charge is 0.444 e. The predicted octanol–water partition coefficient (Wildman–Crippen LogP) is 4.14. The minimum Gasteiger partial charge on any atom is -0.444 e. The molecule has 0 aliphatic rings. The van der Waals surface area contributed by atoms with Crippen LogP contribution in [0.4, 0.5) is 4.79 Å². The van der Waals surface area contributed by atoms with E-state index in [9.17, 15) is 4.79 Å². The van der Waals surface area contributed by atoms with Crippen LogP contribution in [0.25, 0.3) is 6.08 Å². The topological polar surface area (TPSA) is 62.1 Å². The normalized spacial score (nSPS) is 11.2. The number of carbonyl (C=O) groups excluding carboxylic acids is 1. The average molecular weight is 307 g/mol. The number of nitriles is 1. The van der Waals surface area contributed by atoms with Crippen LogP contribution < -0.4 is 5.32 Å². The Labute approximate surface area is 130 Å². The van der Waals surface area contributed by atoms with Gasteiger partial charge in [0.2, 0.25) is 0 Å². The summed E-state index contributed by atoms with van der Waals surface area (Å²) in [4.78, 5) is 11.4. The number of alkyl carbamates (subject to hydrolysis) is 1. The molecule has 21 heavy (non-hydrogen) atoms. The van der Waals surface area contributed by atoms with E-state index in [4.69, 9.17) is 21.6 Å². The molecular formula is C16H19ClN2O2. The SMILES string of the molecule is CC(C)(C)OC(=O)NCCC=Cc1ccc(C#N)cc1Cl. The van der Waals surface area contributed by atoms with E-state index in [1.165, 1.54) is 0 Å². The van der Waals surface area contributed by atoms with Crippen molar-refractivity contribution in [2.75, 3.05) is 6.54 Å². The molecule has 0 aromatic heterocycles. The lowest BCUT2D eigenvalue weighted by atomic mass is 10.1. The average Bonchev–Trinajstić information content (AvgIpc) is 2.37. The summed E-state index contributed by atoms with van der Waals surface area (Å²) >= 11 is 6.05. The van der Waals surface area contributed by atoms with Crippen molar-refractivity contribution < 1.29 is 9.53 Å². The van der Waals surface area contributed by atoms with E-state index in [1.807, 2.05) is 39.0 Å². The highest BCUT2D eigenvalue weighted by atomic mass is 35.5. The summed E-state index contributed by atoms with van der Waals surface area (Å²) in [6.45, 7) is 5.94. The zero-order valence-corrected chi connectivity index (χ0v) is 13.2. The maximum Gasteiger partial charge on any atom is 0.407 e.